The van der Waals surface area contributed by atoms with Gasteiger partial charge in [-0.05, 0) is 6.07 Å². The van der Waals surface area contributed by atoms with E-state index in [2.05, 4.69) is 4.90 Å². The molecular formula is C12H18FN3O3. The zero-order chi connectivity index (χ0) is 14.1. The van der Waals surface area contributed by atoms with Crippen LogP contribution in [0.3, 0.4) is 0 Å². The molecule has 19 heavy (non-hydrogen) atoms. The van der Waals surface area contributed by atoms with E-state index in [0.29, 0.717) is 0 Å². The summed E-state index contributed by atoms with van der Waals surface area (Å²) in [6.07, 6.45) is 0. The van der Waals surface area contributed by atoms with Crippen LogP contribution in [0.2, 0.25) is 0 Å². The molecule has 2 N–H and O–H groups in total. The van der Waals surface area contributed by atoms with Gasteiger partial charge in [0.1, 0.15) is 0 Å². The Hall–Kier alpha value is -1.57. The van der Waals surface area contributed by atoms with Crippen LogP contribution in [0.5, 0.6) is 0 Å². The molecule has 106 valence electrons. The minimum absolute atomic E-state index is 0.484. The van der Waals surface area contributed by atoms with E-state index in [1.807, 2.05) is 0 Å². The first-order valence-corrected chi connectivity index (χ1v) is 6.04. The summed E-state index contributed by atoms with van der Waals surface area (Å²) in [7, 11) is 0. The quantitative estimate of drug-likeness (QED) is 0.655. The van der Waals surface area contributed by atoms with Gasteiger partial charge in [-0.3, -0.25) is 15.0 Å². The fourth-order valence-electron chi connectivity index (χ4n) is 1.61. The van der Waals surface area contributed by atoms with Crippen molar-refractivity contribution < 1.29 is 14.1 Å². The number of nitrogens with zero attached hydrogens (tertiary/aromatic N) is 2. The van der Waals surface area contributed by atoms with E-state index in [1.165, 1.54) is 12.1 Å². The van der Waals surface area contributed by atoms with Gasteiger partial charge in [-0.2, -0.15) is 4.39 Å². The van der Waals surface area contributed by atoms with Crippen LogP contribution in [0.4, 0.5) is 10.1 Å². The normalized spacial score (nSPS) is 15.5. The Morgan fingerprint density at radius 2 is 2.00 bits per heavy atom. The molecule has 0 aliphatic carbocycles. The van der Waals surface area contributed by atoms with Gasteiger partial charge in [0.2, 0.25) is 5.82 Å². The van der Waals surface area contributed by atoms with E-state index in [9.17, 15) is 14.5 Å². The van der Waals surface area contributed by atoms with Crippen molar-refractivity contribution >= 4 is 5.69 Å². The molecule has 0 spiro atoms. The number of morpholine rings is 1. The van der Waals surface area contributed by atoms with Crippen LogP contribution in [-0.4, -0.2) is 49.2 Å². The van der Waals surface area contributed by atoms with Gasteiger partial charge in [0.25, 0.3) is 0 Å². The van der Waals surface area contributed by atoms with Crippen LogP contribution >= 0.6 is 0 Å². The maximum Gasteiger partial charge on any atom is 0.304 e. The number of nitrogens with two attached hydrogens (primary N) is 1. The number of halogens is 1. The van der Waals surface area contributed by atoms with Gasteiger partial charge in [-0.25, -0.2) is 0 Å². The van der Waals surface area contributed by atoms with Crippen LogP contribution in [-0.2, 0) is 4.74 Å². The number of nitro groups is 1. The van der Waals surface area contributed by atoms with Crippen LogP contribution < -0.4 is 5.73 Å². The lowest BCUT2D eigenvalue weighted by atomic mass is 10.3. The Morgan fingerprint density at radius 1 is 1.37 bits per heavy atom. The van der Waals surface area contributed by atoms with E-state index < -0.39 is 16.4 Å². The summed E-state index contributed by atoms with van der Waals surface area (Å²) in [5.74, 6) is -0.799. The Bertz CT molecular complexity index is 395. The molecule has 1 aliphatic heterocycles. The molecule has 1 heterocycles. The summed E-state index contributed by atoms with van der Waals surface area (Å²) in [6.45, 7) is 5.64. The van der Waals surface area contributed by atoms with Gasteiger partial charge < -0.3 is 10.5 Å². The highest BCUT2D eigenvalue weighted by Crippen LogP contribution is 2.14. The molecule has 0 saturated carbocycles. The Labute approximate surface area is 111 Å². The minimum atomic E-state index is -0.799. The number of hydrogen-bond acceptors (Lipinski definition) is 5. The van der Waals surface area contributed by atoms with Gasteiger partial charge in [-0.1, -0.05) is 12.1 Å². The van der Waals surface area contributed by atoms with Crippen molar-refractivity contribution in [2.75, 3.05) is 39.4 Å². The first kappa shape index (κ1) is 15.5. The molecule has 1 aromatic rings. The van der Waals surface area contributed by atoms with Gasteiger partial charge in [0, 0.05) is 32.2 Å². The lowest BCUT2D eigenvalue weighted by Crippen LogP contribution is -2.39. The average molecular weight is 271 g/mol. The second-order valence-corrected chi connectivity index (χ2v) is 3.95. The highest BCUT2D eigenvalue weighted by molar-refractivity contribution is 5.30. The van der Waals surface area contributed by atoms with Crippen LogP contribution in [0.15, 0.2) is 24.3 Å². The zero-order valence-electron chi connectivity index (χ0n) is 10.6. The number of para-hydroxylation sites is 1. The average Bonchev–Trinajstić information content (AvgIpc) is 2.41. The maximum atomic E-state index is 12.4. The Morgan fingerprint density at radius 3 is 2.47 bits per heavy atom. The molecule has 1 saturated heterocycles. The minimum Gasteiger partial charge on any atom is -0.379 e. The third-order valence-corrected chi connectivity index (χ3v) is 2.60. The first-order valence-electron chi connectivity index (χ1n) is 6.04. The number of benzene rings is 1. The van der Waals surface area contributed by atoms with E-state index in [-0.39, 0.29) is 0 Å². The molecule has 6 nitrogen and oxygen atoms in total. The number of ether oxygens (including phenoxy) is 1. The van der Waals surface area contributed by atoms with E-state index in [1.54, 1.807) is 0 Å². The molecule has 2 rings (SSSR count). The SMILES string of the molecule is NCCN1CCOCC1.O=[N+]([O-])c1ccccc1F. The molecule has 0 bridgehead atoms. The summed E-state index contributed by atoms with van der Waals surface area (Å²) >= 11 is 0. The van der Waals surface area contributed by atoms with Gasteiger partial charge in [-0.15, -0.1) is 0 Å². The van der Waals surface area contributed by atoms with Crippen LogP contribution in [0.25, 0.3) is 0 Å². The smallest absolute Gasteiger partial charge is 0.304 e. The van der Waals surface area contributed by atoms with E-state index >= 15 is 0 Å². The second-order valence-electron chi connectivity index (χ2n) is 3.95. The Kier molecular flexibility index (Phi) is 6.94. The molecule has 7 heteroatoms. The number of rotatable bonds is 3. The predicted octanol–water partition coefficient (Wildman–Crippen LogP) is 1.01. The van der Waals surface area contributed by atoms with Crippen molar-refractivity contribution in [1.82, 2.24) is 4.90 Å². The highest BCUT2D eigenvalue weighted by Gasteiger charge is 2.10. The van der Waals surface area contributed by atoms with Crippen molar-refractivity contribution in [3.63, 3.8) is 0 Å². The largest absolute Gasteiger partial charge is 0.379 e. The molecule has 1 fully saturated rings. The lowest BCUT2D eigenvalue weighted by molar-refractivity contribution is -0.387. The van der Waals surface area contributed by atoms with Crippen molar-refractivity contribution in [2.24, 2.45) is 5.73 Å². The number of hydrogen-bond donors (Lipinski definition) is 1. The fourth-order valence-corrected chi connectivity index (χ4v) is 1.61. The molecule has 0 amide bonds. The van der Waals surface area contributed by atoms with Crippen molar-refractivity contribution in [2.45, 2.75) is 0 Å². The lowest BCUT2D eigenvalue weighted by Gasteiger charge is -2.25. The first-order chi connectivity index (χ1) is 9.15. The van der Waals surface area contributed by atoms with E-state index in [0.717, 1.165) is 51.5 Å². The molecular weight excluding hydrogens is 253 g/mol. The molecule has 0 unspecified atom stereocenters. The van der Waals surface area contributed by atoms with Crippen LogP contribution in [0.1, 0.15) is 0 Å². The maximum absolute atomic E-state index is 12.4. The number of nitro benzene ring substituents is 1. The third kappa shape index (κ3) is 5.73. The Balaban J connectivity index is 0.000000191. The van der Waals surface area contributed by atoms with E-state index in [4.69, 9.17) is 10.5 Å². The molecule has 0 radical (unpaired) electrons. The van der Waals surface area contributed by atoms with Crippen molar-refractivity contribution in [3.8, 4) is 0 Å². The molecule has 1 aliphatic rings. The summed E-state index contributed by atoms with van der Waals surface area (Å²) < 4.78 is 17.6. The predicted molar refractivity (Wildman–Crippen MR) is 69.4 cm³/mol. The van der Waals surface area contributed by atoms with Crippen molar-refractivity contribution in [1.29, 1.82) is 0 Å². The highest BCUT2D eigenvalue weighted by atomic mass is 19.1. The topological polar surface area (TPSA) is 81.6 Å². The van der Waals surface area contributed by atoms with Crippen molar-refractivity contribution in [3.05, 3.63) is 40.2 Å². The zero-order valence-corrected chi connectivity index (χ0v) is 10.6. The third-order valence-electron chi connectivity index (χ3n) is 2.60. The summed E-state index contributed by atoms with van der Waals surface area (Å²) in [5.41, 5.74) is 4.89. The summed E-state index contributed by atoms with van der Waals surface area (Å²) in [4.78, 5) is 11.6. The summed E-state index contributed by atoms with van der Waals surface area (Å²) in [5, 5.41) is 9.99. The molecule has 1 aromatic carbocycles. The standard InChI is InChI=1S/C6H4FNO2.C6H14N2O/c7-5-3-1-2-4-6(5)8(9)10;7-1-2-8-3-5-9-6-4-8/h1-4H;1-7H2. The van der Waals surface area contributed by atoms with Crippen LogP contribution in [0, 0.1) is 15.9 Å². The fraction of sp³-hybridized carbons (Fsp3) is 0.500. The molecule has 0 atom stereocenters. The van der Waals surface area contributed by atoms with Gasteiger partial charge >= 0.3 is 5.69 Å². The van der Waals surface area contributed by atoms with Gasteiger partial charge in [0.15, 0.2) is 0 Å². The second kappa shape index (κ2) is 8.52. The monoisotopic (exact) mass is 271 g/mol. The summed E-state index contributed by atoms with van der Waals surface area (Å²) in [6, 6.07) is 5.00. The van der Waals surface area contributed by atoms with Gasteiger partial charge in [0.05, 0.1) is 18.1 Å². The molecule has 0 aromatic heterocycles.